The van der Waals surface area contributed by atoms with Gasteiger partial charge in [-0.15, -0.1) is 0 Å². The maximum atomic E-state index is 5.70. The summed E-state index contributed by atoms with van der Waals surface area (Å²) in [6.07, 6.45) is 2.17. The highest BCUT2D eigenvalue weighted by atomic mass is 15.1. The monoisotopic (exact) mass is 226 g/mol. The molecule has 17 heavy (non-hydrogen) atoms. The number of benzene rings is 1. The maximum absolute atomic E-state index is 5.70. The number of hydrogen-bond donors (Lipinski definition) is 1. The molecule has 86 valence electrons. The van der Waals surface area contributed by atoms with Gasteiger partial charge in [-0.1, -0.05) is 30.3 Å². The van der Waals surface area contributed by atoms with Crippen LogP contribution in [0.25, 0.3) is 0 Å². The van der Waals surface area contributed by atoms with E-state index in [9.17, 15) is 0 Å². The van der Waals surface area contributed by atoms with Crippen LogP contribution < -0.4 is 5.73 Å². The molecule has 0 aliphatic heterocycles. The summed E-state index contributed by atoms with van der Waals surface area (Å²) in [4.78, 5) is 12.8. The molecule has 4 heteroatoms. The van der Waals surface area contributed by atoms with Gasteiger partial charge >= 0.3 is 0 Å². The van der Waals surface area contributed by atoms with Gasteiger partial charge in [-0.3, -0.25) is 0 Å². The first-order valence-corrected chi connectivity index (χ1v) is 5.75. The molecular weight excluding hydrogens is 212 g/mol. The molecule has 0 amide bonds. The Hall–Kier alpha value is -1.97. The standard InChI is InChI=1S/C13H14N4/c1-9-15-11(17-12(14)16-9)13(7-8-13)10-5-3-2-4-6-10/h2-6H,7-8H2,1H3,(H2,14,15,16,17). The minimum atomic E-state index is -0.0247. The summed E-state index contributed by atoms with van der Waals surface area (Å²) in [5, 5.41) is 0. The van der Waals surface area contributed by atoms with Crippen molar-refractivity contribution in [3.63, 3.8) is 0 Å². The Kier molecular flexibility index (Phi) is 2.11. The zero-order chi connectivity index (χ0) is 11.9. The summed E-state index contributed by atoms with van der Waals surface area (Å²) in [6.45, 7) is 1.85. The summed E-state index contributed by atoms with van der Waals surface area (Å²) in [5.74, 6) is 1.82. The lowest BCUT2D eigenvalue weighted by atomic mass is 9.95. The molecule has 0 saturated heterocycles. The zero-order valence-electron chi connectivity index (χ0n) is 9.72. The number of aryl methyl sites for hydroxylation is 1. The van der Waals surface area contributed by atoms with Crippen LogP contribution in [0.5, 0.6) is 0 Å². The van der Waals surface area contributed by atoms with Crippen LogP contribution in [0.1, 0.15) is 30.1 Å². The number of nitrogen functional groups attached to an aromatic ring is 1. The Bertz CT molecular complexity index is 526. The van der Waals surface area contributed by atoms with Gasteiger partial charge in [0.25, 0.3) is 0 Å². The first-order valence-electron chi connectivity index (χ1n) is 5.75. The minimum absolute atomic E-state index is 0.0247. The molecule has 1 heterocycles. The number of hydrogen-bond acceptors (Lipinski definition) is 4. The number of nitrogens with zero attached hydrogens (tertiary/aromatic N) is 3. The van der Waals surface area contributed by atoms with Crippen molar-refractivity contribution in [3.8, 4) is 0 Å². The molecule has 0 spiro atoms. The van der Waals surface area contributed by atoms with Crippen LogP contribution in [0.15, 0.2) is 30.3 Å². The Morgan fingerprint density at radius 1 is 1.06 bits per heavy atom. The highest BCUT2D eigenvalue weighted by molar-refractivity contribution is 5.40. The zero-order valence-corrected chi connectivity index (χ0v) is 9.72. The van der Waals surface area contributed by atoms with E-state index >= 15 is 0 Å². The molecule has 1 aromatic carbocycles. The van der Waals surface area contributed by atoms with E-state index in [0.717, 1.165) is 18.7 Å². The van der Waals surface area contributed by atoms with Crippen molar-refractivity contribution in [1.82, 2.24) is 15.0 Å². The molecule has 1 saturated carbocycles. The van der Waals surface area contributed by atoms with Gasteiger partial charge in [0.2, 0.25) is 5.95 Å². The molecule has 3 rings (SSSR count). The van der Waals surface area contributed by atoms with Crippen molar-refractivity contribution in [2.24, 2.45) is 0 Å². The van der Waals surface area contributed by atoms with E-state index in [2.05, 4.69) is 27.1 Å². The molecular formula is C13H14N4. The molecule has 0 atom stereocenters. The van der Waals surface area contributed by atoms with Gasteiger partial charge in [-0.2, -0.15) is 9.97 Å². The SMILES string of the molecule is Cc1nc(N)nc(C2(c3ccccc3)CC2)n1. The van der Waals surface area contributed by atoms with Crippen molar-refractivity contribution in [2.75, 3.05) is 5.73 Å². The molecule has 4 nitrogen and oxygen atoms in total. The van der Waals surface area contributed by atoms with E-state index in [1.807, 2.05) is 25.1 Å². The van der Waals surface area contributed by atoms with Crippen molar-refractivity contribution in [2.45, 2.75) is 25.2 Å². The number of anilines is 1. The highest BCUT2D eigenvalue weighted by Crippen LogP contribution is 2.52. The van der Waals surface area contributed by atoms with Crippen LogP contribution in [-0.4, -0.2) is 15.0 Å². The fourth-order valence-electron chi connectivity index (χ4n) is 2.24. The Balaban J connectivity index is 2.09. The Morgan fingerprint density at radius 2 is 1.76 bits per heavy atom. The molecule has 0 radical (unpaired) electrons. The van der Waals surface area contributed by atoms with Gasteiger partial charge in [0.15, 0.2) is 0 Å². The second kappa shape index (κ2) is 3.52. The van der Waals surface area contributed by atoms with Crippen molar-refractivity contribution < 1.29 is 0 Å². The molecule has 1 aromatic heterocycles. The molecule has 2 N–H and O–H groups in total. The average Bonchev–Trinajstić information content (AvgIpc) is 3.10. The normalized spacial score (nSPS) is 16.8. The lowest BCUT2D eigenvalue weighted by Gasteiger charge is -2.14. The largest absolute Gasteiger partial charge is 0.368 e. The summed E-state index contributed by atoms with van der Waals surface area (Å²) < 4.78 is 0. The van der Waals surface area contributed by atoms with E-state index < -0.39 is 0 Å². The van der Waals surface area contributed by atoms with Crippen LogP contribution in [0, 0.1) is 6.92 Å². The third-order valence-corrected chi connectivity index (χ3v) is 3.27. The number of aromatic nitrogens is 3. The van der Waals surface area contributed by atoms with E-state index in [0.29, 0.717) is 11.8 Å². The second-order valence-corrected chi connectivity index (χ2v) is 4.51. The summed E-state index contributed by atoms with van der Waals surface area (Å²) in [7, 11) is 0. The summed E-state index contributed by atoms with van der Waals surface area (Å²) >= 11 is 0. The highest BCUT2D eigenvalue weighted by Gasteiger charge is 2.48. The van der Waals surface area contributed by atoms with Crippen LogP contribution >= 0.6 is 0 Å². The van der Waals surface area contributed by atoms with Crippen LogP contribution in [-0.2, 0) is 5.41 Å². The summed E-state index contributed by atoms with van der Waals surface area (Å²) in [6, 6.07) is 10.4. The van der Waals surface area contributed by atoms with Gasteiger partial charge in [-0.05, 0) is 25.3 Å². The molecule has 1 aliphatic carbocycles. The number of rotatable bonds is 2. The van der Waals surface area contributed by atoms with Crippen molar-refractivity contribution in [1.29, 1.82) is 0 Å². The predicted octanol–water partition coefficient (Wildman–Crippen LogP) is 1.84. The van der Waals surface area contributed by atoms with Crippen LogP contribution in [0.2, 0.25) is 0 Å². The first-order chi connectivity index (χ1) is 8.21. The van der Waals surface area contributed by atoms with Gasteiger partial charge in [0, 0.05) is 0 Å². The number of nitrogens with two attached hydrogens (primary N) is 1. The third kappa shape index (κ3) is 1.65. The fourth-order valence-corrected chi connectivity index (χ4v) is 2.24. The second-order valence-electron chi connectivity index (χ2n) is 4.51. The van der Waals surface area contributed by atoms with Gasteiger partial charge in [0.1, 0.15) is 11.6 Å². The average molecular weight is 226 g/mol. The van der Waals surface area contributed by atoms with Crippen LogP contribution in [0.3, 0.4) is 0 Å². The van der Waals surface area contributed by atoms with E-state index in [4.69, 9.17) is 5.73 Å². The first kappa shape index (κ1) is 10.2. The summed E-state index contributed by atoms with van der Waals surface area (Å²) in [5.41, 5.74) is 6.94. The predicted molar refractivity (Wildman–Crippen MR) is 65.4 cm³/mol. The molecule has 0 bridgehead atoms. The van der Waals surface area contributed by atoms with Crippen LogP contribution in [0.4, 0.5) is 5.95 Å². The molecule has 1 aliphatic rings. The fraction of sp³-hybridized carbons (Fsp3) is 0.308. The van der Waals surface area contributed by atoms with Crippen molar-refractivity contribution >= 4 is 5.95 Å². The molecule has 1 fully saturated rings. The quantitative estimate of drug-likeness (QED) is 0.848. The van der Waals surface area contributed by atoms with E-state index in [1.165, 1.54) is 5.56 Å². The Morgan fingerprint density at radius 3 is 2.35 bits per heavy atom. The maximum Gasteiger partial charge on any atom is 0.223 e. The Labute approximate surface area is 99.9 Å². The van der Waals surface area contributed by atoms with E-state index in [-0.39, 0.29) is 5.41 Å². The van der Waals surface area contributed by atoms with Gasteiger partial charge in [0.05, 0.1) is 5.41 Å². The van der Waals surface area contributed by atoms with Gasteiger partial charge < -0.3 is 5.73 Å². The lowest BCUT2D eigenvalue weighted by Crippen LogP contribution is -2.16. The molecule has 2 aromatic rings. The van der Waals surface area contributed by atoms with Crippen molar-refractivity contribution in [3.05, 3.63) is 47.5 Å². The minimum Gasteiger partial charge on any atom is -0.368 e. The molecule has 0 unspecified atom stereocenters. The van der Waals surface area contributed by atoms with E-state index in [1.54, 1.807) is 0 Å². The lowest BCUT2D eigenvalue weighted by molar-refractivity contribution is 0.734. The third-order valence-electron chi connectivity index (χ3n) is 3.27. The van der Waals surface area contributed by atoms with Gasteiger partial charge in [-0.25, -0.2) is 4.98 Å². The smallest absolute Gasteiger partial charge is 0.223 e. The topological polar surface area (TPSA) is 64.7 Å².